The van der Waals surface area contributed by atoms with Crippen LogP contribution >= 0.6 is 0 Å². The molecular weight excluding hydrogens is 220 g/mol. The number of phenolic OH excluding ortho intramolecular Hbond substituents is 1. The Balaban J connectivity index is 2.33. The van der Waals surface area contributed by atoms with Crippen molar-refractivity contribution >= 4 is 0 Å². The van der Waals surface area contributed by atoms with Gasteiger partial charge in [-0.25, -0.2) is 0 Å². The monoisotopic (exact) mass is 240 g/mol. The van der Waals surface area contributed by atoms with Gasteiger partial charge in [0.05, 0.1) is 0 Å². The number of benzene rings is 2. The highest BCUT2D eigenvalue weighted by Gasteiger charge is 2.19. The number of aryl methyl sites for hydroxylation is 1. The SMILES string of the molecule is Cc1ccccc1C(C)C(C)c1ccccc1O. The molecule has 0 heterocycles. The molecule has 0 aromatic heterocycles. The van der Waals surface area contributed by atoms with Crippen LogP contribution in [0.5, 0.6) is 5.75 Å². The molecule has 2 aromatic rings. The van der Waals surface area contributed by atoms with Gasteiger partial charge in [0.15, 0.2) is 0 Å². The minimum atomic E-state index is 0.298. The van der Waals surface area contributed by atoms with E-state index >= 15 is 0 Å². The highest BCUT2D eigenvalue weighted by atomic mass is 16.3. The minimum Gasteiger partial charge on any atom is -0.508 e. The van der Waals surface area contributed by atoms with Gasteiger partial charge in [-0.1, -0.05) is 56.3 Å². The summed E-state index contributed by atoms with van der Waals surface area (Å²) in [5, 5.41) is 9.95. The summed E-state index contributed by atoms with van der Waals surface area (Å²) in [6.45, 7) is 6.54. The van der Waals surface area contributed by atoms with Crippen LogP contribution in [0, 0.1) is 6.92 Å². The average Bonchev–Trinajstić information content (AvgIpc) is 2.38. The van der Waals surface area contributed by atoms with Gasteiger partial charge in [-0.05, 0) is 41.5 Å². The van der Waals surface area contributed by atoms with Crippen molar-refractivity contribution in [3.63, 3.8) is 0 Å². The summed E-state index contributed by atoms with van der Waals surface area (Å²) in [5.41, 5.74) is 3.69. The van der Waals surface area contributed by atoms with Crippen molar-refractivity contribution in [2.45, 2.75) is 32.6 Å². The molecule has 0 saturated heterocycles. The summed E-state index contributed by atoms with van der Waals surface area (Å²) in [7, 11) is 0. The Morgan fingerprint density at radius 3 is 1.89 bits per heavy atom. The molecule has 2 unspecified atom stereocenters. The molecule has 0 amide bonds. The molecule has 18 heavy (non-hydrogen) atoms. The zero-order chi connectivity index (χ0) is 13.1. The van der Waals surface area contributed by atoms with Gasteiger partial charge < -0.3 is 5.11 Å². The van der Waals surface area contributed by atoms with Gasteiger partial charge in [-0.3, -0.25) is 0 Å². The molecule has 0 radical (unpaired) electrons. The van der Waals surface area contributed by atoms with Crippen molar-refractivity contribution in [1.29, 1.82) is 0 Å². The molecule has 94 valence electrons. The van der Waals surface area contributed by atoms with Crippen molar-refractivity contribution in [2.75, 3.05) is 0 Å². The molecule has 0 aliphatic rings. The van der Waals surface area contributed by atoms with E-state index in [4.69, 9.17) is 0 Å². The molecule has 1 heteroatoms. The lowest BCUT2D eigenvalue weighted by molar-refractivity contribution is 0.457. The van der Waals surface area contributed by atoms with E-state index in [0.717, 1.165) is 5.56 Å². The molecule has 2 atom stereocenters. The van der Waals surface area contributed by atoms with E-state index in [9.17, 15) is 5.11 Å². The average molecular weight is 240 g/mol. The van der Waals surface area contributed by atoms with Crippen molar-refractivity contribution in [3.8, 4) is 5.75 Å². The molecule has 1 nitrogen and oxygen atoms in total. The van der Waals surface area contributed by atoms with E-state index in [2.05, 4.69) is 45.0 Å². The molecule has 0 aliphatic carbocycles. The number of hydrogen-bond acceptors (Lipinski definition) is 1. The number of aromatic hydroxyl groups is 1. The summed E-state index contributed by atoms with van der Waals surface area (Å²) in [6, 6.07) is 16.1. The van der Waals surface area contributed by atoms with Crippen molar-refractivity contribution in [1.82, 2.24) is 0 Å². The Labute approximate surface area is 109 Å². The predicted octanol–water partition coefficient (Wildman–Crippen LogP) is 4.61. The number of para-hydroxylation sites is 1. The summed E-state index contributed by atoms with van der Waals surface area (Å²) < 4.78 is 0. The Kier molecular flexibility index (Phi) is 3.71. The first-order valence-electron chi connectivity index (χ1n) is 6.44. The van der Waals surface area contributed by atoms with Crippen molar-refractivity contribution < 1.29 is 5.11 Å². The summed E-state index contributed by atoms with van der Waals surface area (Å²) >= 11 is 0. The molecule has 0 aliphatic heterocycles. The van der Waals surface area contributed by atoms with Crippen LogP contribution in [0.4, 0.5) is 0 Å². The van der Waals surface area contributed by atoms with E-state index in [1.54, 1.807) is 6.07 Å². The Morgan fingerprint density at radius 2 is 1.28 bits per heavy atom. The molecule has 2 aromatic carbocycles. The van der Waals surface area contributed by atoms with Crippen LogP contribution in [0.1, 0.15) is 42.4 Å². The lowest BCUT2D eigenvalue weighted by atomic mass is 9.82. The number of hydrogen-bond donors (Lipinski definition) is 1. The standard InChI is InChI=1S/C17H20O/c1-12-8-4-5-9-15(12)13(2)14(3)16-10-6-7-11-17(16)18/h4-11,13-14,18H,1-3H3. The molecule has 0 fully saturated rings. The summed E-state index contributed by atoms with van der Waals surface area (Å²) in [6.07, 6.45) is 0. The van der Waals surface area contributed by atoms with Gasteiger partial charge in [0.25, 0.3) is 0 Å². The zero-order valence-corrected chi connectivity index (χ0v) is 11.2. The first-order chi connectivity index (χ1) is 8.61. The fourth-order valence-electron chi connectivity index (χ4n) is 2.51. The van der Waals surface area contributed by atoms with Gasteiger partial charge in [-0.15, -0.1) is 0 Å². The second-order valence-corrected chi connectivity index (χ2v) is 4.99. The van der Waals surface area contributed by atoms with Gasteiger partial charge in [0.2, 0.25) is 0 Å². The topological polar surface area (TPSA) is 20.2 Å². The quantitative estimate of drug-likeness (QED) is 0.830. The highest BCUT2D eigenvalue weighted by molar-refractivity contribution is 5.38. The van der Waals surface area contributed by atoms with Crippen LogP contribution in [0.15, 0.2) is 48.5 Å². The summed E-state index contributed by atoms with van der Waals surface area (Å²) in [5.74, 6) is 1.08. The lowest BCUT2D eigenvalue weighted by Crippen LogP contribution is -2.06. The second-order valence-electron chi connectivity index (χ2n) is 4.99. The maximum absolute atomic E-state index is 9.95. The first-order valence-corrected chi connectivity index (χ1v) is 6.44. The lowest BCUT2D eigenvalue weighted by Gasteiger charge is -2.23. The maximum atomic E-state index is 9.95. The number of rotatable bonds is 3. The van der Waals surface area contributed by atoms with Crippen LogP contribution in [-0.4, -0.2) is 5.11 Å². The minimum absolute atomic E-state index is 0.298. The van der Waals surface area contributed by atoms with Gasteiger partial charge in [0, 0.05) is 0 Å². The molecule has 0 bridgehead atoms. The third kappa shape index (κ3) is 2.40. The normalized spacial score (nSPS) is 14.2. The third-order valence-electron chi connectivity index (χ3n) is 3.86. The van der Waals surface area contributed by atoms with Crippen LogP contribution in [0.25, 0.3) is 0 Å². The van der Waals surface area contributed by atoms with E-state index in [1.165, 1.54) is 11.1 Å². The van der Waals surface area contributed by atoms with Crippen LogP contribution in [-0.2, 0) is 0 Å². The highest BCUT2D eigenvalue weighted by Crippen LogP contribution is 2.37. The van der Waals surface area contributed by atoms with E-state index < -0.39 is 0 Å². The molecule has 1 N–H and O–H groups in total. The zero-order valence-electron chi connectivity index (χ0n) is 11.2. The van der Waals surface area contributed by atoms with Gasteiger partial charge in [-0.2, -0.15) is 0 Å². The third-order valence-corrected chi connectivity index (χ3v) is 3.86. The predicted molar refractivity (Wildman–Crippen MR) is 76.1 cm³/mol. The van der Waals surface area contributed by atoms with E-state index in [1.807, 2.05) is 18.2 Å². The smallest absolute Gasteiger partial charge is 0.119 e. The second kappa shape index (κ2) is 5.26. The summed E-state index contributed by atoms with van der Waals surface area (Å²) in [4.78, 5) is 0. The van der Waals surface area contributed by atoms with Gasteiger partial charge >= 0.3 is 0 Å². The fourth-order valence-corrected chi connectivity index (χ4v) is 2.51. The van der Waals surface area contributed by atoms with E-state index in [0.29, 0.717) is 17.6 Å². The van der Waals surface area contributed by atoms with Crippen LogP contribution < -0.4 is 0 Å². The molecule has 2 rings (SSSR count). The Hall–Kier alpha value is -1.76. The maximum Gasteiger partial charge on any atom is 0.119 e. The van der Waals surface area contributed by atoms with Crippen molar-refractivity contribution in [2.24, 2.45) is 0 Å². The van der Waals surface area contributed by atoms with Crippen molar-refractivity contribution in [3.05, 3.63) is 65.2 Å². The first kappa shape index (κ1) is 12.7. The Bertz CT molecular complexity index is 481. The fraction of sp³-hybridized carbons (Fsp3) is 0.294. The molecule has 0 spiro atoms. The van der Waals surface area contributed by atoms with Crippen LogP contribution in [0.2, 0.25) is 0 Å². The largest absolute Gasteiger partial charge is 0.508 e. The Morgan fingerprint density at radius 1 is 0.778 bits per heavy atom. The van der Waals surface area contributed by atoms with Crippen LogP contribution in [0.3, 0.4) is 0 Å². The number of phenols is 1. The van der Waals surface area contributed by atoms with E-state index in [-0.39, 0.29) is 0 Å². The molecular formula is C17H20O. The molecule has 0 saturated carbocycles. The van der Waals surface area contributed by atoms with Gasteiger partial charge in [0.1, 0.15) is 5.75 Å².